The monoisotopic (exact) mass is 331 g/mol. The molecule has 0 saturated carbocycles. The second-order valence-electron chi connectivity index (χ2n) is 5.27. The molecule has 6 nitrogen and oxygen atoms in total. The van der Waals surface area contributed by atoms with Crippen LogP contribution < -0.4 is 14.8 Å². The fourth-order valence-electron chi connectivity index (χ4n) is 2.16. The van der Waals surface area contributed by atoms with Gasteiger partial charge in [-0.05, 0) is 36.6 Å². The maximum Gasteiger partial charge on any atom is 0.328 e. The number of ether oxygens (including phenoxy) is 3. The van der Waals surface area contributed by atoms with Gasteiger partial charge in [-0.3, -0.25) is 4.79 Å². The number of allylic oxidation sites excluding steroid dienone is 2. The Morgan fingerprint density at radius 1 is 1.29 bits per heavy atom. The van der Waals surface area contributed by atoms with Crippen LogP contribution in [0.4, 0.5) is 0 Å². The number of nitrogens with one attached hydrogen (secondary N) is 1. The molecule has 1 atom stereocenters. The Morgan fingerprint density at radius 2 is 2.04 bits per heavy atom. The van der Waals surface area contributed by atoms with Gasteiger partial charge in [0.2, 0.25) is 12.7 Å². The quantitative estimate of drug-likeness (QED) is 0.492. The molecule has 128 valence electrons. The average molecular weight is 331 g/mol. The SMILES string of the molecule is CCC(/C=C/C(=O)N[C@@H](C)C(=O)OC)=C\c1ccc2c(c1)OCO2. The molecular formula is C18H21NO5. The smallest absolute Gasteiger partial charge is 0.328 e. The third-order valence-electron chi connectivity index (χ3n) is 3.52. The van der Waals surface area contributed by atoms with E-state index in [1.807, 2.05) is 31.2 Å². The van der Waals surface area contributed by atoms with Crippen molar-refractivity contribution in [3.05, 3.63) is 41.5 Å². The third kappa shape index (κ3) is 4.62. The van der Waals surface area contributed by atoms with Crippen LogP contribution in [0.2, 0.25) is 0 Å². The topological polar surface area (TPSA) is 73.9 Å². The lowest BCUT2D eigenvalue weighted by Gasteiger charge is -2.09. The van der Waals surface area contributed by atoms with Gasteiger partial charge in [0, 0.05) is 6.08 Å². The summed E-state index contributed by atoms with van der Waals surface area (Å²) in [4.78, 5) is 23.1. The maximum absolute atomic E-state index is 11.8. The van der Waals surface area contributed by atoms with Gasteiger partial charge < -0.3 is 19.5 Å². The predicted octanol–water partition coefficient (Wildman–Crippen LogP) is 2.44. The summed E-state index contributed by atoms with van der Waals surface area (Å²) < 4.78 is 15.2. The van der Waals surface area contributed by atoms with Crippen LogP contribution in [0.1, 0.15) is 25.8 Å². The number of rotatable bonds is 6. The van der Waals surface area contributed by atoms with Crippen molar-refractivity contribution >= 4 is 18.0 Å². The Balaban J connectivity index is 2.03. The minimum atomic E-state index is -0.685. The van der Waals surface area contributed by atoms with Gasteiger partial charge in [0.05, 0.1) is 7.11 Å². The van der Waals surface area contributed by atoms with E-state index in [-0.39, 0.29) is 12.7 Å². The molecule has 0 aliphatic carbocycles. The van der Waals surface area contributed by atoms with Crippen molar-refractivity contribution < 1.29 is 23.8 Å². The van der Waals surface area contributed by atoms with Gasteiger partial charge in [0.1, 0.15) is 6.04 Å². The van der Waals surface area contributed by atoms with Crippen molar-refractivity contribution in [2.24, 2.45) is 0 Å². The lowest BCUT2D eigenvalue weighted by Crippen LogP contribution is -2.38. The molecule has 1 aliphatic rings. The summed E-state index contributed by atoms with van der Waals surface area (Å²) in [6.45, 7) is 3.81. The van der Waals surface area contributed by atoms with Crippen molar-refractivity contribution in [2.45, 2.75) is 26.3 Å². The minimum Gasteiger partial charge on any atom is -0.467 e. The van der Waals surface area contributed by atoms with Crippen LogP contribution >= 0.6 is 0 Å². The number of esters is 1. The second-order valence-corrected chi connectivity index (χ2v) is 5.27. The minimum absolute atomic E-state index is 0.238. The average Bonchev–Trinajstić information content (AvgIpc) is 3.05. The van der Waals surface area contributed by atoms with Gasteiger partial charge in [-0.15, -0.1) is 0 Å². The van der Waals surface area contributed by atoms with Gasteiger partial charge in [0.25, 0.3) is 0 Å². The highest BCUT2D eigenvalue weighted by atomic mass is 16.7. The molecule has 0 aromatic heterocycles. The zero-order chi connectivity index (χ0) is 17.5. The summed E-state index contributed by atoms with van der Waals surface area (Å²) in [5.74, 6) is 0.617. The number of carbonyl (C=O) groups excluding carboxylic acids is 2. The molecular weight excluding hydrogens is 310 g/mol. The molecule has 0 bridgehead atoms. The molecule has 24 heavy (non-hydrogen) atoms. The van der Waals surface area contributed by atoms with Crippen LogP contribution in [-0.2, 0) is 14.3 Å². The first-order chi connectivity index (χ1) is 11.5. The van der Waals surface area contributed by atoms with E-state index < -0.39 is 12.0 Å². The zero-order valence-corrected chi connectivity index (χ0v) is 14.0. The fourth-order valence-corrected chi connectivity index (χ4v) is 2.16. The summed E-state index contributed by atoms with van der Waals surface area (Å²) in [6, 6.07) is 4.99. The van der Waals surface area contributed by atoms with Crippen molar-refractivity contribution in [3.8, 4) is 11.5 Å². The van der Waals surface area contributed by atoms with Crippen LogP contribution in [0.5, 0.6) is 11.5 Å². The van der Waals surface area contributed by atoms with E-state index in [4.69, 9.17) is 9.47 Å². The predicted molar refractivity (Wildman–Crippen MR) is 89.6 cm³/mol. The van der Waals surface area contributed by atoms with Gasteiger partial charge >= 0.3 is 5.97 Å². The van der Waals surface area contributed by atoms with E-state index >= 15 is 0 Å². The summed E-state index contributed by atoms with van der Waals surface area (Å²) in [7, 11) is 1.28. The number of hydrogen-bond acceptors (Lipinski definition) is 5. The normalized spacial score (nSPS) is 14.5. The number of benzene rings is 1. The van der Waals surface area contributed by atoms with E-state index in [0.29, 0.717) is 5.75 Å². The Morgan fingerprint density at radius 3 is 2.75 bits per heavy atom. The van der Waals surface area contributed by atoms with Crippen molar-refractivity contribution in [1.29, 1.82) is 0 Å². The maximum atomic E-state index is 11.8. The van der Waals surface area contributed by atoms with E-state index in [2.05, 4.69) is 10.1 Å². The standard InChI is InChI=1S/C18H21NO5/c1-4-13(6-8-17(20)19-12(2)18(21)22-3)9-14-5-7-15-16(10-14)24-11-23-15/h5-10,12H,4,11H2,1-3H3,(H,19,20)/b8-6+,13-9+/t12-/m0/s1. The zero-order valence-electron chi connectivity index (χ0n) is 14.0. The van der Waals surface area contributed by atoms with Crippen molar-refractivity contribution in [2.75, 3.05) is 13.9 Å². The van der Waals surface area contributed by atoms with Crippen LogP contribution in [0.3, 0.4) is 0 Å². The summed E-state index contributed by atoms with van der Waals surface area (Å²) in [5.41, 5.74) is 1.93. The molecule has 0 saturated heterocycles. The van der Waals surface area contributed by atoms with Crippen molar-refractivity contribution in [1.82, 2.24) is 5.32 Å². The number of methoxy groups -OCH3 is 1. The largest absolute Gasteiger partial charge is 0.467 e. The molecule has 0 unspecified atom stereocenters. The van der Waals surface area contributed by atoms with E-state index in [9.17, 15) is 9.59 Å². The molecule has 0 radical (unpaired) electrons. The van der Waals surface area contributed by atoms with Gasteiger partial charge in [0.15, 0.2) is 11.5 Å². The molecule has 1 aliphatic heterocycles. The van der Waals surface area contributed by atoms with E-state index in [1.54, 1.807) is 13.0 Å². The Bertz CT molecular complexity index is 678. The first kappa shape index (κ1) is 17.6. The second kappa shape index (κ2) is 8.19. The fraction of sp³-hybridized carbons (Fsp3) is 0.333. The lowest BCUT2D eigenvalue weighted by molar-refractivity contribution is -0.144. The Labute approximate surface area is 141 Å². The molecule has 0 fully saturated rings. The van der Waals surface area contributed by atoms with Crippen LogP contribution in [0, 0.1) is 0 Å². The van der Waals surface area contributed by atoms with Gasteiger partial charge in [-0.2, -0.15) is 0 Å². The Kier molecular flexibility index (Phi) is 6.01. The summed E-state index contributed by atoms with van der Waals surface area (Å²) in [5, 5.41) is 2.54. The summed E-state index contributed by atoms with van der Waals surface area (Å²) >= 11 is 0. The van der Waals surface area contributed by atoms with E-state index in [1.165, 1.54) is 13.2 Å². The van der Waals surface area contributed by atoms with Gasteiger partial charge in [-0.25, -0.2) is 4.79 Å². The lowest BCUT2D eigenvalue weighted by atomic mass is 10.1. The molecule has 1 aromatic carbocycles. The molecule has 1 aromatic rings. The number of carbonyl (C=O) groups is 2. The van der Waals surface area contributed by atoms with Crippen LogP contribution in [0.25, 0.3) is 6.08 Å². The van der Waals surface area contributed by atoms with Crippen LogP contribution in [-0.4, -0.2) is 31.8 Å². The Hall–Kier alpha value is -2.76. The molecule has 2 rings (SSSR count). The number of hydrogen-bond donors (Lipinski definition) is 1. The molecule has 6 heteroatoms. The van der Waals surface area contributed by atoms with E-state index in [0.717, 1.165) is 23.3 Å². The number of fused-ring (bicyclic) bond motifs is 1. The molecule has 1 amide bonds. The first-order valence-electron chi connectivity index (χ1n) is 7.70. The highest BCUT2D eigenvalue weighted by molar-refractivity contribution is 5.91. The first-order valence-corrected chi connectivity index (χ1v) is 7.70. The molecule has 1 N–H and O–H groups in total. The van der Waals surface area contributed by atoms with Gasteiger partial charge in [-0.1, -0.05) is 25.1 Å². The highest BCUT2D eigenvalue weighted by Gasteiger charge is 2.14. The van der Waals surface area contributed by atoms with Crippen LogP contribution in [0.15, 0.2) is 35.9 Å². The molecule has 0 spiro atoms. The number of amides is 1. The highest BCUT2D eigenvalue weighted by Crippen LogP contribution is 2.33. The van der Waals surface area contributed by atoms with Crippen molar-refractivity contribution in [3.63, 3.8) is 0 Å². The summed E-state index contributed by atoms with van der Waals surface area (Å²) in [6.07, 6.45) is 5.85. The molecule has 1 heterocycles. The third-order valence-corrected chi connectivity index (χ3v) is 3.52.